The quantitative estimate of drug-likeness (QED) is 0.861. The predicted octanol–water partition coefficient (Wildman–Crippen LogP) is 2.09. The SMILES string of the molecule is CCn1cc(C(O)C2(CN)CCC(C)CC2)cn1. The first-order valence-electron chi connectivity index (χ1n) is 7.02. The van der Waals surface area contributed by atoms with Crippen LogP contribution in [0.15, 0.2) is 12.4 Å². The van der Waals surface area contributed by atoms with Crippen LogP contribution in [0, 0.1) is 11.3 Å². The Morgan fingerprint density at radius 1 is 1.56 bits per heavy atom. The highest BCUT2D eigenvalue weighted by Crippen LogP contribution is 2.46. The number of aryl methyl sites for hydroxylation is 1. The Morgan fingerprint density at radius 2 is 2.22 bits per heavy atom. The van der Waals surface area contributed by atoms with Crippen molar-refractivity contribution in [3.63, 3.8) is 0 Å². The third-order valence-electron chi connectivity index (χ3n) is 4.55. The smallest absolute Gasteiger partial charge is 0.0888 e. The van der Waals surface area contributed by atoms with Gasteiger partial charge in [-0.05, 0) is 25.7 Å². The second-order valence-corrected chi connectivity index (χ2v) is 5.78. The minimum atomic E-state index is -0.477. The van der Waals surface area contributed by atoms with E-state index in [-0.39, 0.29) is 5.41 Å². The van der Waals surface area contributed by atoms with Gasteiger partial charge in [-0.3, -0.25) is 4.68 Å². The van der Waals surface area contributed by atoms with Gasteiger partial charge < -0.3 is 10.8 Å². The molecule has 3 N–H and O–H groups in total. The molecule has 1 atom stereocenters. The Kier molecular flexibility index (Phi) is 4.07. The maximum absolute atomic E-state index is 10.7. The summed E-state index contributed by atoms with van der Waals surface area (Å²) in [5.41, 5.74) is 6.74. The van der Waals surface area contributed by atoms with Crippen LogP contribution < -0.4 is 5.73 Å². The molecule has 0 saturated heterocycles. The Morgan fingerprint density at radius 3 is 2.72 bits per heavy atom. The van der Waals surface area contributed by atoms with Gasteiger partial charge >= 0.3 is 0 Å². The van der Waals surface area contributed by atoms with E-state index in [1.807, 2.05) is 17.8 Å². The number of nitrogens with two attached hydrogens (primary N) is 1. The van der Waals surface area contributed by atoms with Crippen LogP contribution in [0.3, 0.4) is 0 Å². The van der Waals surface area contributed by atoms with E-state index >= 15 is 0 Å². The van der Waals surface area contributed by atoms with Gasteiger partial charge in [-0.25, -0.2) is 0 Å². The lowest BCUT2D eigenvalue weighted by atomic mass is 9.66. The molecule has 0 radical (unpaired) electrons. The zero-order chi connectivity index (χ0) is 13.2. The molecule has 1 heterocycles. The van der Waals surface area contributed by atoms with Gasteiger partial charge in [-0.1, -0.05) is 19.8 Å². The topological polar surface area (TPSA) is 64.1 Å². The molecule has 2 rings (SSSR count). The van der Waals surface area contributed by atoms with E-state index in [1.54, 1.807) is 6.20 Å². The molecular weight excluding hydrogens is 226 g/mol. The molecule has 102 valence electrons. The summed E-state index contributed by atoms with van der Waals surface area (Å²) in [4.78, 5) is 0. The molecule has 1 aliphatic rings. The van der Waals surface area contributed by atoms with Crippen LogP contribution in [0.4, 0.5) is 0 Å². The Hall–Kier alpha value is -0.870. The fourth-order valence-electron chi connectivity index (χ4n) is 2.97. The lowest BCUT2D eigenvalue weighted by Crippen LogP contribution is -2.39. The molecule has 1 fully saturated rings. The van der Waals surface area contributed by atoms with E-state index in [4.69, 9.17) is 5.73 Å². The van der Waals surface area contributed by atoms with Crippen LogP contribution >= 0.6 is 0 Å². The van der Waals surface area contributed by atoms with Crippen molar-refractivity contribution in [1.82, 2.24) is 9.78 Å². The van der Waals surface area contributed by atoms with Crippen molar-refractivity contribution < 1.29 is 5.11 Å². The van der Waals surface area contributed by atoms with Gasteiger partial charge in [0.2, 0.25) is 0 Å². The molecule has 0 aromatic carbocycles. The molecule has 0 amide bonds. The maximum atomic E-state index is 10.7. The monoisotopic (exact) mass is 251 g/mol. The number of hydrogen-bond donors (Lipinski definition) is 2. The zero-order valence-corrected chi connectivity index (χ0v) is 11.5. The van der Waals surface area contributed by atoms with E-state index in [2.05, 4.69) is 12.0 Å². The van der Waals surface area contributed by atoms with Gasteiger partial charge in [0.05, 0.1) is 12.3 Å². The van der Waals surface area contributed by atoms with E-state index < -0.39 is 6.10 Å². The molecule has 1 aromatic rings. The number of aliphatic hydroxyl groups is 1. The van der Waals surface area contributed by atoms with Gasteiger partial charge in [-0.15, -0.1) is 0 Å². The highest BCUT2D eigenvalue weighted by Gasteiger charge is 2.40. The van der Waals surface area contributed by atoms with Crippen LogP contribution in [0.25, 0.3) is 0 Å². The second kappa shape index (κ2) is 5.41. The largest absolute Gasteiger partial charge is 0.388 e. The van der Waals surface area contributed by atoms with Gasteiger partial charge in [-0.2, -0.15) is 5.10 Å². The van der Waals surface area contributed by atoms with Gasteiger partial charge in [0, 0.05) is 30.3 Å². The van der Waals surface area contributed by atoms with Crippen molar-refractivity contribution in [2.45, 2.75) is 52.2 Å². The minimum Gasteiger partial charge on any atom is -0.388 e. The second-order valence-electron chi connectivity index (χ2n) is 5.78. The lowest BCUT2D eigenvalue weighted by Gasteiger charge is -2.41. The number of aromatic nitrogens is 2. The molecule has 1 aliphatic carbocycles. The normalized spacial score (nSPS) is 30.3. The fourth-order valence-corrected chi connectivity index (χ4v) is 2.97. The van der Waals surface area contributed by atoms with Crippen molar-refractivity contribution in [2.24, 2.45) is 17.1 Å². The highest BCUT2D eigenvalue weighted by molar-refractivity contribution is 5.13. The number of rotatable bonds is 4. The third kappa shape index (κ3) is 2.45. The summed E-state index contributed by atoms with van der Waals surface area (Å²) in [6, 6.07) is 0. The molecule has 4 nitrogen and oxygen atoms in total. The summed E-state index contributed by atoms with van der Waals surface area (Å²) in [7, 11) is 0. The zero-order valence-electron chi connectivity index (χ0n) is 11.5. The molecular formula is C14H25N3O. The standard InChI is InChI=1S/C14H25N3O/c1-3-17-9-12(8-16-17)13(18)14(10-15)6-4-11(2)5-7-14/h8-9,11,13,18H,3-7,10,15H2,1-2H3. The van der Waals surface area contributed by atoms with Crippen molar-refractivity contribution in [3.8, 4) is 0 Å². The van der Waals surface area contributed by atoms with E-state index in [0.717, 1.165) is 43.7 Å². The molecule has 4 heteroatoms. The van der Waals surface area contributed by atoms with Gasteiger partial charge in [0.15, 0.2) is 0 Å². The average Bonchev–Trinajstić information content (AvgIpc) is 2.88. The van der Waals surface area contributed by atoms with E-state index in [1.165, 1.54) is 0 Å². The van der Waals surface area contributed by atoms with Gasteiger partial charge in [0.1, 0.15) is 0 Å². The molecule has 0 aliphatic heterocycles. The van der Waals surface area contributed by atoms with Crippen LogP contribution in [0.1, 0.15) is 51.2 Å². The lowest BCUT2D eigenvalue weighted by molar-refractivity contribution is -0.00823. The summed E-state index contributed by atoms with van der Waals surface area (Å²) in [6.45, 7) is 5.71. The van der Waals surface area contributed by atoms with Crippen LogP contribution in [0.5, 0.6) is 0 Å². The maximum Gasteiger partial charge on any atom is 0.0888 e. The molecule has 18 heavy (non-hydrogen) atoms. The predicted molar refractivity (Wildman–Crippen MR) is 72.0 cm³/mol. The van der Waals surface area contributed by atoms with Crippen molar-refractivity contribution in [2.75, 3.05) is 6.54 Å². The summed E-state index contributed by atoms with van der Waals surface area (Å²) in [6.07, 6.45) is 7.61. The number of nitrogens with zero attached hydrogens (tertiary/aromatic N) is 2. The summed E-state index contributed by atoms with van der Waals surface area (Å²) in [5.74, 6) is 0.759. The fraction of sp³-hybridized carbons (Fsp3) is 0.786. The van der Waals surface area contributed by atoms with Gasteiger partial charge in [0.25, 0.3) is 0 Å². The first kappa shape index (κ1) is 13.6. The highest BCUT2D eigenvalue weighted by atomic mass is 16.3. The number of hydrogen-bond acceptors (Lipinski definition) is 3. The van der Waals surface area contributed by atoms with Crippen LogP contribution in [-0.2, 0) is 6.54 Å². The van der Waals surface area contributed by atoms with Crippen molar-refractivity contribution in [3.05, 3.63) is 18.0 Å². The molecule has 1 aromatic heterocycles. The Labute approximate surface area is 109 Å². The first-order chi connectivity index (χ1) is 8.61. The molecule has 0 spiro atoms. The van der Waals surface area contributed by atoms with Crippen molar-refractivity contribution in [1.29, 1.82) is 0 Å². The average molecular weight is 251 g/mol. The van der Waals surface area contributed by atoms with Crippen LogP contribution in [-0.4, -0.2) is 21.4 Å². The van der Waals surface area contributed by atoms with Crippen molar-refractivity contribution >= 4 is 0 Å². The first-order valence-corrected chi connectivity index (χ1v) is 7.02. The minimum absolute atomic E-state index is 0.145. The van der Waals surface area contributed by atoms with E-state index in [9.17, 15) is 5.11 Å². The summed E-state index contributed by atoms with van der Waals surface area (Å²) in [5, 5.41) is 14.9. The Balaban J connectivity index is 2.16. The molecule has 1 unspecified atom stereocenters. The van der Waals surface area contributed by atoms with E-state index in [0.29, 0.717) is 6.54 Å². The summed E-state index contributed by atoms with van der Waals surface area (Å²) < 4.78 is 1.86. The molecule has 1 saturated carbocycles. The molecule has 0 bridgehead atoms. The number of aliphatic hydroxyl groups excluding tert-OH is 1. The Bertz CT molecular complexity index is 380. The third-order valence-corrected chi connectivity index (χ3v) is 4.55. The van der Waals surface area contributed by atoms with Crippen LogP contribution in [0.2, 0.25) is 0 Å². The summed E-state index contributed by atoms with van der Waals surface area (Å²) >= 11 is 0.